The Hall–Kier alpha value is -1.54. The highest BCUT2D eigenvalue weighted by Crippen LogP contribution is 2.22. The van der Waals surface area contributed by atoms with Crippen molar-refractivity contribution in [1.82, 2.24) is 0 Å². The molecule has 0 aliphatic carbocycles. The molecule has 78 valence electrons. The first-order chi connectivity index (χ1) is 7.19. The third kappa shape index (κ3) is 2.96. The van der Waals surface area contributed by atoms with Crippen molar-refractivity contribution in [1.29, 1.82) is 0 Å². The van der Waals surface area contributed by atoms with Gasteiger partial charge in [-0.1, -0.05) is 27.8 Å². The molecule has 0 atom stereocenters. The Morgan fingerprint density at radius 3 is 2.87 bits per heavy atom. The van der Waals surface area contributed by atoms with Crippen LogP contribution >= 0.6 is 15.9 Å². The molecular weight excluding hydrogens is 262 g/mol. The van der Waals surface area contributed by atoms with Crippen molar-refractivity contribution >= 4 is 21.6 Å². The fraction of sp³-hybridized carbons (Fsp3) is 0.200. The lowest BCUT2D eigenvalue weighted by Gasteiger charge is -2.00. The van der Waals surface area contributed by atoms with Crippen LogP contribution < -0.4 is 4.74 Å². The largest absolute Gasteiger partial charge is 0.497 e. The standard InChI is InChI=1S/C10H8BrNO3/c1-15-9-4-5-10(12(13)14)8(7-9)3-2-6-11/h4-5,7H,6H2,1H3. The van der Waals surface area contributed by atoms with Gasteiger partial charge in [0.25, 0.3) is 5.69 Å². The number of benzene rings is 1. The number of nitro benzene ring substituents is 1. The van der Waals surface area contributed by atoms with Crippen LogP contribution in [-0.2, 0) is 0 Å². The molecule has 0 heterocycles. The van der Waals surface area contributed by atoms with Crippen LogP contribution in [0.5, 0.6) is 5.75 Å². The van der Waals surface area contributed by atoms with E-state index in [0.717, 1.165) is 0 Å². The summed E-state index contributed by atoms with van der Waals surface area (Å²) in [6, 6.07) is 4.47. The van der Waals surface area contributed by atoms with Crippen LogP contribution in [0.25, 0.3) is 0 Å². The van der Waals surface area contributed by atoms with E-state index in [4.69, 9.17) is 4.74 Å². The van der Waals surface area contributed by atoms with Gasteiger partial charge >= 0.3 is 0 Å². The molecule has 0 saturated carbocycles. The molecule has 1 aromatic rings. The number of ether oxygens (including phenoxy) is 1. The fourth-order valence-electron chi connectivity index (χ4n) is 1.03. The summed E-state index contributed by atoms with van der Waals surface area (Å²) in [5.74, 6) is 5.97. The van der Waals surface area contributed by atoms with E-state index in [0.29, 0.717) is 16.6 Å². The molecule has 4 nitrogen and oxygen atoms in total. The molecule has 0 saturated heterocycles. The average molecular weight is 270 g/mol. The molecule has 0 fully saturated rings. The first-order valence-electron chi connectivity index (χ1n) is 4.06. The quantitative estimate of drug-likeness (QED) is 0.359. The molecule has 0 bridgehead atoms. The molecule has 1 aromatic carbocycles. The second-order valence-corrected chi connectivity index (χ2v) is 3.14. The number of nitro groups is 1. The highest BCUT2D eigenvalue weighted by atomic mass is 79.9. The molecule has 0 radical (unpaired) electrons. The van der Waals surface area contributed by atoms with Crippen molar-refractivity contribution < 1.29 is 9.66 Å². The summed E-state index contributed by atoms with van der Waals surface area (Å²) in [7, 11) is 1.50. The lowest BCUT2D eigenvalue weighted by molar-refractivity contribution is -0.385. The van der Waals surface area contributed by atoms with Gasteiger partial charge in [0.2, 0.25) is 0 Å². The summed E-state index contributed by atoms with van der Waals surface area (Å²) < 4.78 is 4.97. The van der Waals surface area contributed by atoms with E-state index in [2.05, 4.69) is 27.8 Å². The zero-order valence-electron chi connectivity index (χ0n) is 7.99. The van der Waals surface area contributed by atoms with Crippen LogP contribution in [0.1, 0.15) is 5.56 Å². The lowest BCUT2D eigenvalue weighted by atomic mass is 10.2. The molecule has 15 heavy (non-hydrogen) atoms. The van der Waals surface area contributed by atoms with Crippen molar-refractivity contribution in [2.45, 2.75) is 0 Å². The van der Waals surface area contributed by atoms with Crippen LogP contribution in [0, 0.1) is 22.0 Å². The SMILES string of the molecule is COc1ccc([N+](=O)[O-])c(C#CCBr)c1. The van der Waals surface area contributed by atoms with Crippen molar-refractivity contribution in [3.05, 3.63) is 33.9 Å². The van der Waals surface area contributed by atoms with Crippen molar-refractivity contribution in [3.63, 3.8) is 0 Å². The summed E-state index contributed by atoms with van der Waals surface area (Å²) in [6.07, 6.45) is 0. The van der Waals surface area contributed by atoms with E-state index in [1.54, 1.807) is 6.07 Å². The topological polar surface area (TPSA) is 52.4 Å². The monoisotopic (exact) mass is 269 g/mol. The van der Waals surface area contributed by atoms with Crippen LogP contribution in [0.2, 0.25) is 0 Å². The zero-order valence-corrected chi connectivity index (χ0v) is 9.58. The number of hydrogen-bond acceptors (Lipinski definition) is 3. The van der Waals surface area contributed by atoms with Crippen molar-refractivity contribution in [2.75, 3.05) is 12.4 Å². The van der Waals surface area contributed by atoms with Gasteiger partial charge in [-0.15, -0.1) is 0 Å². The Kier molecular flexibility index (Phi) is 4.13. The molecule has 0 unspecified atom stereocenters. The fourth-order valence-corrected chi connectivity index (χ4v) is 1.17. The zero-order chi connectivity index (χ0) is 11.3. The van der Waals surface area contributed by atoms with Crippen molar-refractivity contribution in [2.24, 2.45) is 0 Å². The highest BCUT2D eigenvalue weighted by Gasteiger charge is 2.12. The molecule has 0 N–H and O–H groups in total. The number of hydrogen-bond donors (Lipinski definition) is 0. The Morgan fingerprint density at radius 1 is 1.60 bits per heavy atom. The van der Waals surface area contributed by atoms with Crippen LogP contribution in [0.4, 0.5) is 5.69 Å². The second kappa shape index (κ2) is 5.37. The number of rotatable bonds is 2. The Labute approximate surface area is 95.5 Å². The van der Waals surface area contributed by atoms with Gasteiger partial charge in [-0.2, -0.15) is 0 Å². The smallest absolute Gasteiger partial charge is 0.285 e. The number of alkyl halides is 1. The third-order valence-corrected chi connectivity index (χ3v) is 1.97. The minimum absolute atomic E-state index is 0.00995. The number of halogens is 1. The predicted octanol–water partition coefficient (Wildman–Crippen LogP) is 2.35. The Balaban J connectivity index is 3.22. The molecule has 0 aliphatic rings. The summed E-state index contributed by atoms with van der Waals surface area (Å²) in [6.45, 7) is 0. The predicted molar refractivity (Wildman–Crippen MR) is 60.3 cm³/mol. The Bertz CT molecular complexity index is 434. The average Bonchev–Trinajstić information content (AvgIpc) is 2.25. The van der Waals surface area contributed by atoms with E-state index in [-0.39, 0.29) is 5.69 Å². The number of methoxy groups -OCH3 is 1. The highest BCUT2D eigenvalue weighted by molar-refractivity contribution is 9.09. The first-order valence-corrected chi connectivity index (χ1v) is 5.18. The van der Waals surface area contributed by atoms with Gasteiger partial charge < -0.3 is 4.74 Å². The molecular formula is C10H8BrNO3. The molecule has 0 aliphatic heterocycles. The normalized spacial score (nSPS) is 8.93. The maximum atomic E-state index is 10.7. The van der Waals surface area contributed by atoms with Gasteiger partial charge in [-0.25, -0.2) is 0 Å². The van der Waals surface area contributed by atoms with Crippen molar-refractivity contribution in [3.8, 4) is 17.6 Å². The summed E-state index contributed by atoms with van der Waals surface area (Å²) in [4.78, 5) is 10.2. The molecule has 0 aromatic heterocycles. The minimum atomic E-state index is -0.461. The maximum absolute atomic E-state index is 10.7. The maximum Gasteiger partial charge on any atom is 0.285 e. The molecule has 0 spiro atoms. The van der Waals surface area contributed by atoms with E-state index < -0.39 is 4.92 Å². The summed E-state index contributed by atoms with van der Waals surface area (Å²) in [5, 5.41) is 11.1. The second-order valence-electron chi connectivity index (χ2n) is 2.58. The van der Waals surface area contributed by atoms with E-state index in [1.807, 2.05) is 0 Å². The summed E-state index contributed by atoms with van der Waals surface area (Å²) >= 11 is 3.13. The molecule has 5 heteroatoms. The van der Waals surface area contributed by atoms with E-state index >= 15 is 0 Å². The van der Waals surface area contributed by atoms with E-state index in [9.17, 15) is 10.1 Å². The Morgan fingerprint density at radius 2 is 2.33 bits per heavy atom. The van der Waals surface area contributed by atoms with Gasteiger partial charge in [0.1, 0.15) is 11.3 Å². The van der Waals surface area contributed by atoms with Crippen LogP contribution in [-0.4, -0.2) is 17.4 Å². The van der Waals surface area contributed by atoms with Gasteiger partial charge in [-0.3, -0.25) is 10.1 Å². The van der Waals surface area contributed by atoms with Gasteiger partial charge in [0, 0.05) is 12.1 Å². The lowest BCUT2D eigenvalue weighted by Crippen LogP contribution is -1.93. The number of nitrogens with zero attached hydrogens (tertiary/aromatic N) is 1. The summed E-state index contributed by atoms with van der Waals surface area (Å²) in [5.41, 5.74) is 0.350. The minimum Gasteiger partial charge on any atom is -0.497 e. The van der Waals surface area contributed by atoms with Crippen LogP contribution in [0.15, 0.2) is 18.2 Å². The van der Waals surface area contributed by atoms with Gasteiger partial charge in [-0.05, 0) is 6.07 Å². The molecule has 1 rings (SSSR count). The van der Waals surface area contributed by atoms with Gasteiger partial charge in [0.05, 0.1) is 17.4 Å². The van der Waals surface area contributed by atoms with Gasteiger partial charge in [0.15, 0.2) is 0 Å². The molecule has 0 amide bonds. The first kappa shape index (κ1) is 11.5. The third-order valence-electron chi connectivity index (χ3n) is 1.69. The van der Waals surface area contributed by atoms with Crippen LogP contribution in [0.3, 0.4) is 0 Å². The van der Waals surface area contributed by atoms with E-state index in [1.165, 1.54) is 19.2 Å².